The normalized spacial score (nSPS) is 12.1. The van der Waals surface area contributed by atoms with Crippen LogP contribution in [0.3, 0.4) is 0 Å². The maximum Gasteiger partial charge on any atom is 0.326 e. The Morgan fingerprint density at radius 1 is 1.08 bits per heavy atom. The summed E-state index contributed by atoms with van der Waals surface area (Å²) in [6.07, 6.45) is 3.37. The predicted molar refractivity (Wildman–Crippen MR) is 85.3 cm³/mol. The zero-order valence-corrected chi connectivity index (χ0v) is 12.6. The molecule has 2 aromatic rings. The lowest BCUT2D eigenvalue weighted by atomic mass is 10.1. The van der Waals surface area contributed by atoms with E-state index in [2.05, 4.69) is 5.32 Å². The zero-order valence-electron chi connectivity index (χ0n) is 12.6. The number of rotatable bonds is 6. The number of hydrogen-bond acceptors (Lipinski definition) is 2. The molecule has 0 unspecified atom stereocenters. The maximum absolute atomic E-state index is 13.1. The summed E-state index contributed by atoms with van der Waals surface area (Å²) < 4.78 is 26.3. The van der Waals surface area contributed by atoms with E-state index in [1.165, 1.54) is 0 Å². The second-order valence-electron chi connectivity index (χ2n) is 5.07. The second kappa shape index (κ2) is 8.01. The van der Waals surface area contributed by atoms with Gasteiger partial charge in [0.1, 0.15) is 17.7 Å². The second-order valence-corrected chi connectivity index (χ2v) is 5.07. The average molecular weight is 331 g/mol. The van der Waals surface area contributed by atoms with Crippen LogP contribution in [0.4, 0.5) is 8.78 Å². The third-order valence-corrected chi connectivity index (χ3v) is 3.21. The zero-order chi connectivity index (χ0) is 17.5. The lowest BCUT2D eigenvalue weighted by Crippen LogP contribution is -2.40. The number of carbonyl (C=O) groups excluding carboxylic acids is 1. The smallest absolute Gasteiger partial charge is 0.326 e. The highest BCUT2D eigenvalue weighted by atomic mass is 19.1. The molecule has 4 nitrogen and oxygen atoms in total. The SMILES string of the molecule is O=C(N[C@H](C/C=C/c1ccccc1)C(=O)O)c1cc(F)cc(F)c1. The van der Waals surface area contributed by atoms with Gasteiger partial charge in [0.05, 0.1) is 0 Å². The van der Waals surface area contributed by atoms with Crippen LogP contribution in [-0.2, 0) is 4.79 Å². The van der Waals surface area contributed by atoms with Crippen molar-refractivity contribution in [1.82, 2.24) is 5.32 Å². The Morgan fingerprint density at radius 2 is 1.71 bits per heavy atom. The highest BCUT2D eigenvalue weighted by molar-refractivity contribution is 5.96. The lowest BCUT2D eigenvalue weighted by molar-refractivity contribution is -0.139. The van der Waals surface area contributed by atoms with Gasteiger partial charge in [-0.25, -0.2) is 13.6 Å². The van der Waals surface area contributed by atoms with Crippen molar-refractivity contribution in [3.05, 3.63) is 77.4 Å². The monoisotopic (exact) mass is 331 g/mol. The Morgan fingerprint density at radius 3 is 2.29 bits per heavy atom. The molecule has 0 saturated heterocycles. The number of nitrogens with one attached hydrogen (secondary N) is 1. The summed E-state index contributed by atoms with van der Waals surface area (Å²) in [4.78, 5) is 23.2. The van der Waals surface area contributed by atoms with E-state index in [4.69, 9.17) is 0 Å². The number of carboxylic acids is 1. The summed E-state index contributed by atoms with van der Waals surface area (Å²) in [5, 5.41) is 11.4. The fraction of sp³-hybridized carbons (Fsp3) is 0.111. The van der Waals surface area contributed by atoms with E-state index in [0.717, 1.165) is 17.7 Å². The number of halogens is 2. The quantitative estimate of drug-likeness (QED) is 0.854. The van der Waals surface area contributed by atoms with Gasteiger partial charge in [-0.05, 0) is 24.1 Å². The number of carboxylic acid groups (broad SMARTS) is 1. The summed E-state index contributed by atoms with van der Waals surface area (Å²) >= 11 is 0. The predicted octanol–water partition coefficient (Wildman–Crippen LogP) is 3.25. The fourth-order valence-corrected chi connectivity index (χ4v) is 2.05. The largest absolute Gasteiger partial charge is 0.480 e. The Kier molecular flexibility index (Phi) is 5.78. The molecule has 0 aliphatic rings. The van der Waals surface area contributed by atoms with Crippen molar-refractivity contribution in [2.45, 2.75) is 12.5 Å². The molecule has 0 saturated carbocycles. The highest BCUT2D eigenvalue weighted by Crippen LogP contribution is 2.09. The van der Waals surface area contributed by atoms with Crippen molar-refractivity contribution >= 4 is 18.0 Å². The molecule has 0 radical (unpaired) electrons. The van der Waals surface area contributed by atoms with E-state index in [1.54, 1.807) is 12.2 Å². The van der Waals surface area contributed by atoms with Crippen LogP contribution in [0.15, 0.2) is 54.6 Å². The molecule has 0 aliphatic carbocycles. The van der Waals surface area contributed by atoms with E-state index < -0.39 is 29.6 Å². The van der Waals surface area contributed by atoms with E-state index in [-0.39, 0.29) is 12.0 Å². The first-order chi connectivity index (χ1) is 11.5. The number of benzene rings is 2. The molecule has 2 N–H and O–H groups in total. The van der Waals surface area contributed by atoms with Gasteiger partial charge in [-0.15, -0.1) is 0 Å². The van der Waals surface area contributed by atoms with Gasteiger partial charge in [0.15, 0.2) is 0 Å². The summed E-state index contributed by atoms with van der Waals surface area (Å²) in [5.74, 6) is -3.90. The van der Waals surface area contributed by atoms with Crippen LogP contribution in [0, 0.1) is 11.6 Å². The molecule has 0 bridgehead atoms. The molecule has 2 rings (SSSR count). The molecule has 1 amide bonds. The van der Waals surface area contributed by atoms with Crippen molar-refractivity contribution in [3.63, 3.8) is 0 Å². The Bertz CT molecular complexity index is 740. The average Bonchev–Trinajstić information content (AvgIpc) is 2.53. The molecule has 0 heterocycles. The minimum Gasteiger partial charge on any atom is -0.480 e. The summed E-state index contributed by atoms with van der Waals surface area (Å²) in [7, 11) is 0. The van der Waals surface area contributed by atoms with Crippen molar-refractivity contribution in [3.8, 4) is 0 Å². The first kappa shape index (κ1) is 17.3. The Hall–Kier alpha value is -3.02. The minimum absolute atomic E-state index is 0.0355. The van der Waals surface area contributed by atoms with Crippen LogP contribution in [-0.4, -0.2) is 23.0 Å². The molecule has 0 aromatic heterocycles. The van der Waals surface area contributed by atoms with Gasteiger partial charge in [0.2, 0.25) is 0 Å². The topological polar surface area (TPSA) is 66.4 Å². The molecular weight excluding hydrogens is 316 g/mol. The van der Waals surface area contributed by atoms with Crippen LogP contribution in [0.1, 0.15) is 22.3 Å². The fourth-order valence-electron chi connectivity index (χ4n) is 2.05. The molecule has 0 aliphatic heterocycles. The highest BCUT2D eigenvalue weighted by Gasteiger charge is 2.20. The maximum atomic E-state index is 13.1. The summed E-state index contributed by atoms with van der Waals surface area (Å²) in [6, 6.07) is 10.4. The lowest BCUT2D eigenvalue weighted by Gasteiger charge is -2.12. The van der Waals surface area contributed by atoms with Crippen LogP contribution in [0.25, 0.3) is 6.08 Å². The summed E-state index contributed by atoms with van der Waals surface area (Å²) in [6.45, 7) is 0. The van der Waals surface area contributed by atoms with E-state index in [9.17, 15) is 23.5 Å². The third kappa shape index (κ3) is 5.01. The number of hydrogen-bond donors (Lipinski definition) is 2. The molecule has 24 heavy (non-hydrogen) atoms. The van der Waals surface area contributed by atoms with Crippen LogP contribution >= 0.6 is 0 Å². The standard InChI is InChI=1S/C18H15F2NO3/c19-14-9-13(10-15(20)11-14)17(22)21-16(18(23)24)8-4-7-12-5-2-1-3-6-12/h1-7,9-11,16H,8H2,(H,21,22)(H,23,24)/b7-4+/t16-/m1/s1. The van der Waals surface area contributed by atoms with Gasteiger partial charge < -0.3 is 10.4 Å². The van der Waals surface area contributed by atoms with Gasteiger partial charge >= 0.3 is 5.97 Å². The molecule has 1 atom stereocenters. The van der Waals surface area contributed by atoms with E-state index in [1.807, 2.05) is 30.3 Å². The molecular formula is C18H15F2NO3. The van der Waals surface area contributed by atoms with Crippen LogP contribution in [0.2, 0.25) is 0 Å². The molecule has 0 fully saturated rings. The van der Waals surface area contributed by atoms with Gasteiger partial charge in [-0.3, -0.25) is 4.79 Å². The number of aliphatic carboxylic acids is 1. The van der Waals surface area contributed by atoms with Gasteiger partial charge in [-0.2, -0.15) is 0 Å². The van der Waals surface area contributed by atoms with Crippen molar-refractivity contribution < 1.29 is 23.5 Å². The molecule has 6 heteroatoms. The van der Waals surface area contributed by atoms with E-state index >= 15 is 0 Å². The molecule has 2 aromatic carbocycles. The number of carbonyl (C=O) groups is 2. The minimum atomic E-state index is -1.24. The van der Waals surface area contributed by atoms with Crippen molar-refractivity contribution in [2.75, 3.05) is 0 Å². The Balaban J connectivity index is 2.04. The van der Waals surface area contributed by atoms with Crippen molar-refractivity contribution in [1.29, 1.82) is 0 Å². The Labute approximate surface area is 137 Å². The van der Waals surface area contributed by atoms with Crippen LogP contribution < -0.4 is 5.32 Å². The van der Waals surface area contributed by atoms with Crippen molar-refractivity contribution in [2.24, 2.45) is 0 Å². The van der Waals surface area contributed by atoms with Crippen LogP contribution in [0.5, 0.6) is 0 Å². The number of amides is 1. The summed E-state index contributed by atoms with van der Waals surface area (Å²) in [5.41, 5.74) is 0.617. The first-order valence-electron chi connectivity index (χ1n) is 7.17. The first-order valence-corrected chi connectivity index (χ1v) is 7.17. The van der Waals surface area contributed by atoms with Gasteiger partial charge in [0, 0.05) is 11.6 Å². The van der Waals surface area contributed by atoms with Gasteiger partial charge in [0.25, 0.3) is 5.91 Å². The van der Waals surface area contributed by atoms with E-state index in [0.29, 0.717) is 6.07 Å². The molecule has 124 valence electrons. The molecule has 0 spiro atoms. The van der Waals surface area contributed by atoms with Gasteiger partial charge in [-0.1, -0.05) is 42.5 Å². The third-order valence-electron chi connectivity index (χ3n) is 3.21.